The molecule has 0 aliphatic rings. The first kappa shape index (κ1) is 13.9. The normalized spacial score (nSPS) is 18.6. The molecule has 2 unspecified atom stereocenters. The van der Waals surface area contributed by atoms with Crippen molar-refractivity contribution < 1.29 is 5.11 Å². The lowest BCUT2D eigenvalue weighted by molar-refractivity contribution is -0.0212. The van der Waals surface area contributed by atoms with Crippen LogP contribution in [0.5, 0.6) is 0 Å². The summed E-state index contributed by atoms with van der Waals surface area (Å²) >= 11 is 0. The van der Waals surface area contributed by atoms with Gasteiger partial charge in [0, 0.05) is 12.6 Å². The van der Waals surface area contributed by atoms with Crippen molar-refractivity contribution in [2.75, 3.05) is 13.6 Å². The molecule has 0 aliphatic carbocycles. The Balaban J connectivity index is 4.10. The van der Waals surface area contributed by atoms with E-state index in [4.69, 9.17) is 0 Å². The second kappa shape index (κ2) is 5.72. The van der Waals surface area contributed by atoms with E-state index >= 15 is 0 Å². The van der Waals surface area contributed by atoms with Crippen molar-refractivity contribution >= 4 is 0 Å². The predicted molar refractivity (Wildman–Crippen MR) is 62.5 cm³/mol. The predicted octanol–water partition coefficient (Wildman–Crippen LogP) is 2.51. The van der Waals surface area contributed by atoms with Crippen LogP contribution < -0.4 is 0 Å². The van der Waals surface area contributed by atoms with Gasteiger partial charge in [0.15, 0.2) is 0 Å². The highest BCUT2D eigenvalue weighted by molar-refractivity contribution is 4.81. The highest BCUT2D eigenvalue weighted by atomic mass is 16.3. The number of nitrogens with zero attached hydrogens (tertiary/aromatic N) is 1. The van der Waals surface area contributed by atoms with Crippen LogP contribution in [0.4, 0.5) is 0 Å². The monoisotopic (exact) mass is 201 g/mol. The molecule has 14 heavy (non-hydrogen) atoms. The lowest BCUT2D eigenvalue weighted by Gasteiger charge is -2.35. The summed E-state index contributed by atoms with van der Waals surface area (Å²) in [4.78, 5) is 2.25. The van der Waals surface area contributed by atoms with E-state index in [0.29, 0.717) is 12.0 Å². The molecule has 0 radical (unpaired) electrons. The van der Waals surface area contributed by atoms with Gasteiger partial charge in [-0.15, -0.1) is 0 Å². The largest absolute Gasteiger partial charge is 0.389 e. The average molecular weight is 201 g/mol. The topological polar surface area (TPSA) is 23.5 Å². The fourth-order valence-corrected chi connectivity index (χ4v) is 1.48. The quantitative estimate of drug-likeness (QED) is 0.714. The van der Waals surface area contributed by atoms with E-state index in [1.54, 1.807) is 0 Å². The Morgan fingerprint density at radius 3 is 2.14 bits per heavy atom. The third kappa shape index (κ3) is 4.43. The number of likely N-dealkylation sites (N-methyl/N-ethyl adjacent to an activating group) is 1. The van der Waals surface area contributed by atoms with Crippen LogP contribution >= 0.6 is 0 Å². The maximum absolute atomic E-state index is 10.1. The van der Waals surface area contributed by atoms with Crippen LogP contribution in [0.1, 0.15) is 47.5 Å². The van der Waals surface area contributed by atoms with Gasteiger partial charge in [0.05, 0.1) is 5.60 Å². The molecule has 0 spiro atoms. The highest BCUT2D eigenvalue weighted by Gasteiger charge is 2.27. The van der Waals surface area contributed by atoms with E-state index < -0.39 is 5.60 Å². The molecule has 0 aromatic heterocycles. The van der Waals surface area contributed by atoms with Gasteiger partial charge in [0.25, 0.3) is 0 Å². The molecule has 0 aliphatic heterocycles. The average Bonchev–Trinajstić information content (AvgIpc) is 2.03. The zero-order chi connectivity index (χ0) is 11.4. The molecule has 2 nitrogen and oxygen atoms in total. The molecule has 0 bridgehead atoms. The maximum Gasteiger partial charge on any atom is 0.0768 e. The van der Waals surface area contributed by atoms with Crippen molar-refractivity contribution in [1.29, 1.82) is 0 Å². The van der Waals surface area contributed by atoms with Crippen LogP contribution in [0.3, 0.4) is 0 Å². The number of aliphatic hydroxyl groups is 1. The van der Waals surface area contributed by atoms with Crippen molar-refractivity contribution in [1.82, 2.24) is 4.90 Å². The summed E-state index contributed by atoms with van der Waals surface area (Å²) in [6.07, 6.45) is 2.40. The van der Waals surface area contributed by atoms with Crippen LogP contribution in [0.15, 0.2) is 0 Å². The summed E-state index contributed by atoms with van der Waals surface area (Å²) in [5.74, 6) is 0.304. The number of hydrogen-bond donors (Lipinski definition) is 1. The van der Waals surface area contributed by atoms with Crippen molar-refractivity contribution in [3.05, 3.63) is 0 Å². The first-order chi connectivity index (χ1) is 6.31. The molecule has 0 saturated heterocycles. The lowest BCUT2D eigenvalue weighted by atomic mass is 9.91. The minimum absolute atomic E-state index is 0.304. The van der Waals surface area contributed by atoms with E-state index in [2.05, 4.69) is 39.6 Å². The van der Waals surface area contributed by atoms with E-state index in [-0.39, 0.29) is 0 Å². The highest BCUT2D eigenvalue weighted by Crippen LogP contribution is 2.18. The fourth-order valence-electron chi connectivity index (χ4n) is 1.48. The van der Waals surface area contributed by atoms with Gasteiger partial charge in [-0.1, -0.05) is 27.2 Å². The third-order valence-electron chi connectivity index (χ3n) is 3.27. The van der Waals surface area contributed by atoms with E-state index in [0.717, 1.165) is 6.54 Å². The number of rotatable bonds is 6. The van der Waals surface area contributed by atoms with E-state index in [9.17, 15) is 5.11 Å². The standard InChI is InChI=1S/C12H27NO/c1-7-8-11(4)13(6)9-12(5,14)10(2)3/h10-11,14H,7-9H2,1-6H3. The van der Waals surface area contributed by atoms with Crippen molar-refractivity contribution in [2.45, 2.75) is 59.1 Å². The molecule has 0 amide bonds. The van der Waals surface area contributed by atoms with Gasteiger partial charge in [-0.3, -0.25) is 0 Å². The van der Waals surface area contributed by atoms with E-state index in [1.807, 2.05) is 6.92 Å². The summed E-state index contributed by atoms with van der Waals surface area (Å²) in [7, 11) is 2.09. The number of hydrogen-bond acceptors (Lipinski definition) is 2. The minimum Gasteiger partial charge on any atom is -0.389 e. The van der Waals surface area contributed by atoms with Crippen LogP contribution in [-0.4, -0.2) is 35.2 Å². The Bertz CT molecular complexity index is 154. The van der Waals surface area contributed by atoms with E-state index in [1.165, 1.54) is 12.8 Å². The van der Waals surface area contributed by atoms with Crippen LogP contribution in [-0.2, 0) is 0 Å². The van der Waals surface area contributed by atoms with Gasteiger partial charge in [-0.05, 0) is 33.2 Å². The zero-order valence-electron chi connectivity index (χ0n) is 10.7. The summed E-state index contributed by atoms with van der Waals surface area (Å²) in [6.45, 7) is 11.2. The van der Waals surface area contributed by atoms with Gasteiger partial charge < -0.3 is 10.0 Å². The maximum atomic E-state index is 10.1. The molecule has 0 aromatic rings. The molecule has 0 aromatic carbocycles. The van der Waals surface area contributed by atoms with Crippen molar-refractivity contribution in [2.24, 2.45) is 5.92 Å². The van der Waals surface area contributed by atoms with Crippen LogP contribution in [0, 0.1) is 5.92 Å². The fraction of sp³-hybridized carbons (Fsp3) is 1.00. The molecule has 86 valence electrons. The molecule has 0 rings (SSSR count). The smallest absolute Gasteiger partial charge is 0.0768 e. The Morgan fingerprint density at radius 2 is 1.79 bits per heavy atom. The lowest BCUT2D eigenvalue weighted by Crippen LogP contribution is -2.45. The van der Waals surface area contributed by atoms with Gasteiger partial charge in [0.2, 0.25) is 0 Å². The molecule has 2 atom stereocenters. The Hall–Kier alpha value is -0.0800. The Morgan fingerprint density at radius 1 is 1.29 bits per heavy atom. The summed E-state index contributed by atoms with van der Waals surface area (Å²) in [5.41, 5.74) is -0.573. The SMILES string of the molecule is CCCC(C)N(C)CC(C)(O)C(C)C. The Kier molecular flexibility index (Phi) is 5.68. The third-order valence-corrected chi connectivity index (χ3v) is 3.27. The summed E-state index contributed by atoms with van der Waals surface area (Å²) in [5, 5.41) is 10.1. The second-order valence-corrected chi connectivity index (χ2v) is 5.06. The Labute approximate surface area is 89.3 Å². The first-order valence-corrected chi connectivity index (χ1v) is 5.73. The molecule has 1 N–H and O–H groups in total. The molecule has 0 heterocycles. The summed E-state index contributed by atoms with van der Waals surface area (Å²) in [6, 6.07) is 0.560. The first-order valence-electron chi connectivity index (χ1n) is 5.73. The van der Waals surface area contributed by atoms with Crippen molar-refractivity contribution in [3.8, 4) is 0 Å². The molecular formula is C12H27NO. The molecular weight excluding hydrogens is 174 g/mol. The van der Waals surface area contributed by atoms with Gasteiger partial charge in [-0.2, -0.15) is 0 Å². The van der Waals surface area contributed by atoms with Gasteiger partial charge in [-0.25, -0.2) is 0 Å². The summed E-state index contributed by atoms with van der Waals surface area (Å²) < 4.78 is 0. The minimum atomic E-state index is -0.573. The van der Waals surface area contributed by atoms with Crippen LogP contribution in [0.25, 0.3) is 0 Å². The molecule has 0 saturated carbocycles. The van der Waals surface area contributed by atoms with Crippen LogP contribution in [0.2, 0.25) is 0 Å². The second-order valence-electron chi connectivity index (χ2n) is 5.06. The molecule has 0 fully saturated rings. The zero-order valence-corrected chi connectivity index (χ0v) is 10.7. The molecule has 2 heteroatoms. The van der Waals surface area contributed by atoms with Gasteiger partial charge >= 0.3 is 0 Å². The van der Waals surface area contributed by atoms with Gasteiger partial charge in [0.1, 0.15) is 0 Å². The van der Waals surface area contributed by atoms with Crippen molar-refractivity contribution in [3.63, 3.8) is 0 Å².